The van der Waals surface area contributed by atoms with Gasteiger partial charge in [-0.05, 0) is 39.7 Å². The van der Waals surface area contributed by atoms with Crippen molar-refractivity contribution in [2.24, 2.45) is 5.92 Å². The summed E-state index contributed by atoms with van der Waals surface area (Å²) in [4.78, 5) is 45.1. The van der Waals surface area contributed by atoms with E-state index in [4.69, 9.17) is 9.47 Å². The molecule has 0 radical (unpaired) electrons. The number of aromatic nitrogens is 1. The molecule has 0 aliphatic carbocycles. The molecular formula is C21H29N3O5. The van der Waals surface area contributed by atoms with Crippen LogP contribution in [0.2, 0.25) is 0 Å². The van der Waals surface area contributed by atoms with Crippen molar-refractivity contribution in [1.29, 1.82) is 0 Å². The highest BCUT2D eigenvalue weighted by Crippen LogP contribution is 2.31. The van der Waals surface area contributed by atoms with Gasteiger partial charge in [0.25, 0.3) is 0 Å². The molecule has 1 aromatic rings. The van der Waals surface area contributed by atoms with Crippen LogP contribution in [0, 0.1) is 5.92 Å². The summed E-state index contributed by atoms with van der Waals surface area (Å²) in [5.74, 6) is 0.260. The molecule has 0 N–H and O–H groups in total. The molecule has 8 nitrogen and oxygen atoms in total. The molecule has 2 saturated heterocycles. The molecule has 0 spiro atoms. The lowest BCUT2D eigenvalue weighted by Gasteiger charge is -2.38. The summed E-state index contributed by atoms with van der Waals surface area (Å²) in [5, 5.41) is 0. The van der Waals surface area contributed by atoms with Crippen molar-refractivity contribution >= 4 is 17.8 Å². The lowest BCUT2D eigenvalue weighted by Crippen LogP contribution is -2.54. The SMILES string of the molecule is COc1cc(C(=O)CC[C@H]2C[C@H]3CN(C(=O)OC(C)(C)C)CCN3C2=O)ccn1. The molecule has 2 aliphatic rings. The maximum absolute atomic E-state index is 12.7. The second-order valence-electron chi connectivity index (χ2n) is 8.59. The molecule has 158 valence electrons. The molecule has 2 fully saturated rings. The Morgan fingerprint density at radius 3 is 2.72 bits per heavy atom. The Kier molecular flexibility index (Phi) is 6.10. The van der Waals surface area contributed by atoms with Crippen LogP contribution in [0.3, 0.4) is 0 Å². The third-order valence-corrected chi connectivity index (χ3v) is 5.31. The maximum Gasteiger partial charge on any atom is 0.410 e. The van der Waals surface area contributed by atoms with Crippen LogP contribution in [0.4, 0.5) is 4.79 Å². The fraction of sp³-hybridized carbons (Fsp3) is 0.619. The Labute approximate surface area is 171 Å². The van der Waals surface area contributed by atoms with Crippen LogP contribution in [-0.2, 0) is 9.53 Å². The Morgan fingerprint density at radius 2 is 2.03 bits per heavy atom. The van der Waals surface area contributed by atoms with Gasteiger partial charge in [0.05, 0.1) is 13.2 Å². The van der Waals surface area contributed by atoms with Gasteiger partial charge in [0.15, 0.2) is 5.78 Å². The third kappa shape index (κ3) is 5.05. The van der Waals surface area contributed by atoms with Crippen LogP contribution in [0.1, 0.15) is 50.4 Å². The molecule has 1 aromatic heterocycles. The van der Waals surface area contributed by atoms with Gasteiger partial charge in [0, 0.05) is 49.8 Å². The molecule has 2 atom stereocenters. The first-order valence-corrected chi connectivity index (χ1v) is 9.99. The van der Waals surface area contributed by atoms with Crippen LogP contribution < -0.4 is 4.74 Å². The first-order chi connectivity index (χ1) is 13.7. The minimum Gasteiger partial charge on any atom is -0.481 e. The molecule has 0 aromatic carbocycles. The van der Waals surface area contributed by atoms with Gasteiger partial charge < -0.3 is 19.3 Å². The summed E-state index contributed by atoms with van der Waals surface area (Å²) in [5.41, 5.74) is -0.00533. The van der Waals surface area contributed by atoms with Crippen LogP contribution in [-0.4, -0.2) is 71.0 Å². The van der Waals surface area contributed by atoms with Crippen LogP contribution in [0.5, 0.6) is 5.88 Å². The number of carbonyl (C=O) groups is 3. The quantitative estimate of drug-likeness (QED) is 0.702. The van der Waals surface area contributed by atoms with E-state index in [1.165, 1.54) is 13.3 Å². The zero-order valence-corrected chi connectivity index (χ0v) is 17.5. The van der Waals surface area contributed by atoms with Crippen molar-refractivity contribution in [3.05, 3.63) is 23.9 Å². The van der Waals surface area contributed by atoms with E-state index in [-0.39, 0.29) is 29.7 Å². The van der Waals surface area contributed by atoms with E-state index in [0.29, 0.717) is 50.3 Å². The number of carbonyl (C=O) groups excluding carboxylic acids is 3. The summed E-state index contributed by atoms with van der Waals surface area (Å²) in [7, 11) is 1.50. The molecule has 2 aliphatic heterocycles. The van der Waals surface area contributed by atoms with Crippen molar-refractivity contribution in [2.45, 2.75) is 51.7 Å². The lowest BCUT2D eigenvalue weighted by atomic mass is 9.96. The molecule has 0 saturated carbocycles. The van der Waals surface area contributed by atoms with Gasteiger partial charge in [0.2, 0.25) is 11.8 Å². The number of nitrogens with zero attached hydrogens (tertiary/aromatic N) is 3. The Morgan fingerprint density at radius 1 is 1.28 bits per heavy atom. The number of ether oxygens (including phenoxy) is 2. The molecular weight excluding hydrogens is 374 g/mol. The highest BCUT2D eigenvalue weighted by atomic mass is 16.6. The topological polar surface area (TPSA) is 89.0 Å². The predicted molar refractivity (Wildman–Crippen MR) is 106 cm³/mol. The van der Waals surface area contributed by atoms with Crippen LogP contribution in [0.25, 0.3) is 0 Å². The van der Waals surface area contributed by atoms with Crippen molar-refractivity contribution in [1.82, 2.24) is 14.8 Å². The third-order valence-electron chi connectivity index (χ3n) is 5.31. The number of ketones is 1. The van der Waals surface area contributed by atoms with Gasteiger partial charge >= 0.3 is 6.09 Å². The van der Waals surface area contributed by atoms with Gasteiger partial charge in [-0.1, -0.05) is 0 Å². The number of Topliss-reactive ketones (excluding diaryl/α,β-unsaturated/α-hetero) is 1. The van der Waals surface area contributed by atoms with Gasteiger partial charge in [-0.25, -0.2) is 9.78 Å². The van der Waals surface area contributed by atoms with Crippen molar-refractivity contribution in [3.63, 3.8) is 0 Å². The highest BCUT2D eigenvalue weighted by Gasteiger charge is 2.43. The van der Waals surface area contributed by atoms with Crippen LogP contribution >= 0.6 is 0 Å². The van der Waals surface area contributed by atoms with E-state index < -0.39 is 5.60 Å². The summed E-state index contributed by atoms with van der Waals surface area (Å²) in [6.07, 6.45) is 2.65. The van der Waals surface area contributed by atoms with E-state index in [1.54, 1.807) is 17.0 Å². The first-order valence-electron chi connectivity index (χ1n) is 9.99. The number of pyridine rings is 1. The average Bonchev–Trinajstić information content (AvgIpc) is 3.00. The molecule has 29 heavy (non-hydrogen) atoms. The molecule has 0 unspecified atom stereocenters. The van der Waals surface area contributed by atoms with E-state index in [2.05, 4.69) is 4.98 Å². The summed E-state index contributed by atoms with van der Waals surface area (Å²) in [6, 6.07) is 3.26. The molecule has 2 amide bonds. The zero-order valence-electron chi connectivity index (χ0n) is 17.5. The number of methoxy groups -OCH3 is 1. The highest BCUT2D eigenvalue weighted by molar-refractivity contribution is 5.96. The molecule has 3 rings (SSSR count). The van der Waals surface area contributed by atoms with Crippen molar-refractivity contribution in [2.75, 3.05) is 26.7 Å². The van der Waals surface area contributed by atoms with Crippen LogP contribution in [0.15, 0.2) is 18.3 Å². The number of hydrogen-bond donors (Lipinski definition) is 0. The minimum absolute atomic E-state index is 0.00936. The van der Waals surface area contributed by atoms with E-state index >= 15 is 0 Å². The summed E-state index contributed by atoms with van der Waals surface area (Å²) in [6.45, 7) is 6.98. The van der Waals surface area contributed by atoms with Crippen molar-refractivity contribution < 1.29 is 23.9 Å². The maximum atomic E-state index is 12.7. The van der Waals surface area contributed by atoms with E-state index in [0.717, 1.165) is 0 Å². The largest absolute Gasteiger partial charge is 0.481 e. The smallest absolute Gasteiger partial charge is 0.410 e. The van der Waals surface area contributed by atoms with Gasteiger partial charge in [-0.3, -0.25) is 9.59 Å². The number of rotatable bonds is 5. The minimum atomic E-state index is -0.543. The zero-order chi connectivity index (χ0) is 21.2. The number of piperazine rings is 1. The predicted octanol–water partition coefficient (Wildman–Crippen LogP) is 2.52. The monoisotopic (exact) mass is 403 g/mol. The van der Waals surface area contributed by atoms with E-state index in [9.17, 15) is 14.4 Å². The Balaban J connectivity index is 1.55. The van der Waals surface area contributed by atoms with Gasteiger partial charge in [-0.15, -0.1) is 0 Å². The second-order valence-corrected chi connectivity index (χ2v) is 8.59. The second kappa shape index (κ2) is 8.39. The Hall–Kier alpha value is -2.64. The fourth-order valence-electron chi connectivity index (χ4n) is 3.89. The molecule has 3 heterocycles. The summed E-state index contributed by atoms with van der Waals surface area (Å²) < 4.78 is 10.5. The van der Waals surface area contributed by atoms with Gasteiger partial charge in [0.1, 0.15) is 5.60 Å². The van der Waals surface area contributed by atoms with E-state index in [1.807, 2.05) is 25.7 Å². The molecule has 0 bridgehead atoms. The number of amides is 2. The number of fused-ring (bicyclic) bond motifs is 1. The number of hydrogen-bond acceptors (Lipinski definition) is 6. The Bertz CT molecular complexity index is 789. The standard InChI is InChI=1S/C21H29N3O5/c1-21(2,3)29-20(27)23-9-10-24-16(13-23)11-15(19(24)26)5-6-17(25)14-7-8-22-18(12-14)28-4/h7-8,12,15-16H,5-6,9-11,13H2,1-4H3/t15-,16-/m0/s1. The average molecular weight is 403 g/mol. The molecule has 8 heteroatoms. The first kappa shape index (κ1) is 21.1. The summed E-state index contributed by atoms with van der Waals surface area (Å²) >= 11 is 0. The van der Waals surface area contributed by atoms with Crippen molar-refractivity contribution in [3.8, 4) is 5.88 Å². The van der Waals surface area contributed by atoms with Gasteiger partial charge in [-0.2, -0.15) is 0 Å². The fourth-order valence-corrected chi connectivity index (χ4v) is 3.89. The normalized spacial score (nSPS) is 21.7. The lowest BCUT2D eigenvalue weighted by molar-refractivity contribution is -0.133.